The third-order valence-corrected chi connectivity index (χ3v) is 4.49. The SMILES string of the molecule is CC(CC1CC1)n1c(=S)[nH]c2sccc2c1=O. The molecule has 0 bridgehead atoms. The summed E-state index contributed by atoms with van der Waals surface area (Å²) in [5.74, 6) is 0.796. The Hall–Kier alpha value is -0.940. The van der Waals surface area contributed by atoms with Crippen molar-refractivity contribution in [1.29, 1.82) is 0 Å². The van der Waals surface area contributed by atoms with Gasteiger partial charge >= 0.3 is 0 Å². The second-order valence-corrected chi connectivity index (χ2v) is 6.10. The summed E-state index contributed by atoms with van der Waals surface area (Å²) in [4.78, 5) is 16.4. The number of rotatable bonds is 3. The van der Waals surface area contributed by atoms with Gasteiger partial charge in [-0.1, -0.05) is 12.8 Å². The second kappa shape index (κ2) is 4.07. The minimum absolute atomic E-state index is 0.0538. The van der Waals surface area contributed by atoms with Crippen LogP contribution < -0.4 is 5.56 Å². The summed E-state index contributed by atoms with van der Waals surface area (Å²) < 4.78 is 2.29. The maximum absolute atomic E-state index is 12.3. The Morgan fingerprint density at radius 1 is 1.65 bits per heavy atom. The molecule has 2 aromatic heterocycles. The fraction of sp³-hybridized carbons (Fsp3) is 0.500. The van der Waals surface area contributed by atoms with Crippen molar-refractivity contribution in [1.82, 2.24) is 9.55 Å². The van der Waals surface area contributed by atoms with E-state index in [2.05, 4.69) is 11.9 Å². The first-order chi connectivity index (χ1) is 8.16. The number of aromatic nitrogens is 2. The summed E-state index contributed by atoms with van der Waals surface area (Å²) >= 11 is 6.82. The number of nitrogens with zero attached hydrogens (tertiary/aromatic N) is 1. The van der Waals surface area contributed by atoms with Gasteiger partial charge in [-0.25, -0.2) is 0 Å². The molecule has 1 saturated carbocycles. The highest BCUT2D eigenvalue weighted by Gasteiger charge is 2.25. The van der Waals surface area contributed by atoms with Gasteiger partial charge in [-0.15, -0.1) is 11.3 Å². The topological polar surface area (TPSA) is 37.8 Å². The smallest absolute Gasteiger partial charge is 0.263 e. The van der Waals surface area contributed by atoms with Gasteiger partial charge in [0.2, 0.25) is 0 Å². The standard InChI is InChI=1S/C12H14N2OS2/c1-7(6-8-2-3-8)14-11(15)9-4-5-17-10(9)13-12(14)16/h4-5,7-8H,2-3,6H2,1H3,(H,13,16). The molecule has 5 heteroatoms. The van der Waals surface area contributed by atoms with E-state index < -0.39 is 0 Å². The zero-order chi connectivity index (χ0) is 12.0. The van der Waals surface area contributed by atoms with Crippen molar-refractivity contribution in [2.75, 3.05) is 0 Å². The predicted octanol–water partition coefficient (Wildman–Crippen LogP) is 3.48. The third kappa shape index (κ3) is 1.98. The fourth-order valence-corrected chi connectivity index (χ4v) is 3.50. The molecule has 1 unspecified atom stereocenters. The van der Waals surface area contributed by atoms with Gasteiger partial charge < -0.3 is 4.98 Å². The highest BCUT2D eigenvalue weighted by molar-refractivity contribution is 7.71. The van der Waals surface area contributed by atoms with Crippen molar-refractivity contribution in [3.63, 3.8) is 0 Å². The number of H-pyrrole nitrogens is 1. The summed E-state index contributed by atoms with van der Waals surface area (Å²) in [6.45, 7) is 2.08. The highest BCUT2D eigenvalue weighted by Crippen LogP contribution is 2.36. The fourth-order valence-electron chi connectivity index (χ4n) is 2.30. The number of hydrogen-bond acceptors (Lipinski definition) is 3. The summed E-state index contributed by atoms with van der Waals surface area (Å²) in [5.41, 5.74) is 0.0538. The Labute approximate surface area is 108 Å². The number of fused-ring (bicyclic) bond motifs is 1. The molecule has 0 spiro atoms. The summed E-state index contributed by atoms with van der Waals surface area (Å²) in [6.07, 6.45) is 3.67. The molecule has 0 aromatic carbocycles. The van der Waals surface area contributed by atoms with Crippen molar-refractivity contribution in [2.24, 2.45) is 5.92 Å². The van der Waals surface area contributed by atoms with Crippen LogP contribution in [0, 0.1) is 10.7 Å². The largest absolute Gasteiger partial charge is 0.323 e. The molecule has 2 heterocycles. The number of hydrogen-bond donors (Lipinski definition) is 1. The molecule has 0 radical (unpaired) electrons. The normalized spacial score (nSPS) is 17.5. The molecule has 3 rings (SSSR count). The Morgan fingerprint density at radius 3 is 3.12 bits per heavy atom. The van der Waals surface area contributed by atoms with Gasteiger partial charge in [0.05, 0.1) is 5.39 Å². The van der Waals surface area contributed by atoms with Crippen LogP contribution in [0.1, 0.15) is 32.2 Å². The van der Waals surface area contributed by atoms with Crippen LogP contribution in [-0.4, -0.2) is 9.55 Å². The van der Waals surface area contributed by atoms with Crippen molar-refractivity contribution >= 4 is 33.8 Å². The van der Waals surface area contributed by atoms with Crippen molar-refractivity contribution < 1.29 is 0 Å². The first kappa shape index (κ1) is 11.2. The minimum atomic E-state index is 0.0538. The molecule has 1 aliphatic rings. The highest BCUT2D eigenvalue weighted by atomic mass is 32.1. The first-order valence-corrected chi connectivity index (χ1v) is 7.17. The Balaban J connectivity index is 2.13. The summed E-state index contributed by atoms with van der Waals surface area (Å²) in [7, 11) is 0. The maximum Gasteiger partial charge on any atom is 0.263 e. The third-order valence-electron chi connectivity index (χ3n) is 3.37. The quantitative estimate of drug-likeness (QED) is 0.864. The van der Waals surface area contributed by atoms with Crippen LogP contribution >= 0.6 is 23.6 Å². The van der Waals surface area contributed by atoms with Crippen LogP contribution in [0.3, 0.4) is 0 Å². The Morgan fingerprint density at radius 2 is 2.41 bits per heavy atom. The Bertz CT molecular complexity index is 663. The van der Waals surface area contributed by atoms with Crippen LogP contribution in [0.5, 0.6) is 0 Å². The van der Waals surface area contributed by atoms with E-state index >= 15 is 0 Å². The first-order valence-electron chi connectivity index (χ1n) is 5.89. The van der Waals surface area contributed by atoms with Crippen molar-refractivity contribution in [3.05, 3.63) is 26.6 Å². The summed E-state index contributed by atoms with van der Waals surface area (Å²) in [6, 6.07) is 2.07. The van der Waals surface area contributed by atoms with Gasteiger partial charge in [0.15, 0.2) is 4.77 Å². The number of aromatic amines is 1. The monoisotopic (exact) mass is 266 g/mol. The molecule has 1 fully saturated rings. The van der Waals surface area contributed by atoms with E-state index in [1.165, 1.54) is 24.2 Å². The van der Waals surface area contributed by atoms with E-state index in [0.29, 0.717) is 4.77 Å². The van der Waals surface area contributed by atoms with Crippen LogP contribution in [-0.2, 0) is 0 Å². The molecule has 1 atom stereocenters. The van der Waals surface area contributed by atoms with Crippen LogP contribution in [0.25, 0.3) is 10.2 Å². The summed E-state index contributed by atoms with van der Waals surface area (Å²) in [5, 5.41) is 2.68. The number of nitrogens with one attached hydrogen (secondary N) is 1. The van der Waals surface area contributed by atoms with Gasteiger partial charge in [-0.2, -0.15) is 0 Å². The van der Waals surface area contributed by atoms with Crippen LogP contribution in [0.15, 0.2) is 16.2 Å². The minimum Gasteiger partial charge on any atom is -0.323 e. The van der Waals surface area contributed by atoms with Gasteiger partial charge in [0.1, 0.15) is 4.83 Å². The van der Waals surface area contributed by atoms with E-state index in [1.54, 1.807) is 4.57 Å². The Kier molecular flexibility index (Phi) is 2.67. The van der Waals surface area contributed by atoms with Gasteiger partial charge in [0.25, 0.3) is 5.56 Å². The lowest BCUT2D eigenvalue weighted by atomic mass is 10.1. The van der Waals surface area contributed by atoms with Gasteiger partial charge in [0, 0.05) is 6.04 Å². The molecule has 1 N–H and O–H groups in total. The zero-order valence-electron chi connectivity index (χ0n) is 9.60. The van der Waals surface area contributed by atoms with E-state index in [4.69, 9.17) is 12.2 Å². The maximum atomic E-state index is 12.3. The molecule has 3 nitrogen and oxygen atoms in total. The lowest BCUT2D eigenvalue weighted by Gasteiger charge is -2.14. The molecule has 0 amide bonds. The molecule has 0 aliphatic heterocycles. The van der Waals surface area contributed by atoms with E-state index in [-0.39, 0.29) is 11.6 Å². The second-order valence-electron chi connectivity index (χ2n) is 4.80. The molecule has 0 saturated heterocycles. The van der Waals surface area contributed by atoms with E-state index in [1.807, 2.05) is 11.4 Å². The number of thiophene rings is 1. The van der Waals surface area contributed by atoms with E-state index in [9.17, 15) is 4.79 Å². The predicted molar refractivity (Wildman–Crippen MR) is 73.3 cm³/mol. The zero-order valence-corrected chi connectivity index (χ0v) is 11.2. The molecular formula is C12H14N2OS2. The molecule has 2 aromatic rings. The van der Waals surface area contributed by atoms with Crippen LogP contribution in [0.4, 0.5) is 0 Å². The van der Waals surface area contributed by atoms with Crippen molar-refractivity contribution in [2.45, 2.75) is 32.2 Å². The molecule has 1 aliphatic carbocycles. The van der Waals surface area contributed by atoms with E-state index in [0.717, 1.165) is 22.6 Å². The average molecular weight is 266 g/mol. The molecule has 17 heavy (non-hydrogen) atoms. The van der Waals surface area contributed by atoms with Crippen LogP contribution in [0.2, 0.25) is 0 Å². The average Bonchev–Trinajstić information content (AvgIpc) is 2.94. The lowest BCUT2D eigenvalue weighted by molar-refractivity contribution is 0.457. The van der Waals surface area contributed by atoms with Gasteiger partial charge in [-0.3, -0.25) is 9.36 Å². The molecule has 90 valence electrons. The molecular weight excluding hydrogens is 252 g/mol. The van der Waals surface area contributed by atoms with Crippen molar-refractivity contribution in [3.8, 4) is 0 Å². The van der Waals surface area contributed by atoms with Gasteiger partial charge in [-0.05, 0) is 42.9 Å². The lowest BCUT2D eigenvalue weighted by Crippen LogP contribution is -2.25.